The van der Waals surface area contributed by atoms with Crippen molar-refractivity contribution in [2.24, 2.45) is 0 Å². The lowest BCUT2D eigenvalue weighted by atomic mass is 10.0. The molecule has 0 bridgehead atoms. The molecular formula is C15H19ClO. The Morgan fingerprint density at radius 2 is 2.12 bits per heavy atom. The molecule has 0 heterocycles. The zero-order valence-corrected chi connectivity index (χ0v) is 11.1. The van der Waals surface area contributed by atoms with Gasteiger partial charge in [-0.25, -0.2) is 0 Å². The van der Waals surface area contributed by atoms with Crippen molar-refractivity contribution < 1.29 is 4.79 Å². The lowest BCUT2D eigenvalue weighted by Crippen LogP contribution is -1.99. The Morgan fingerprint density at radius 3 is 2.76 bits per heavy atom. The molecular weight excluding hydrogens is 232 g/mol. The number of benzene rings is 1. The van der Waals surface area contributed by atoms with Crippen molar-refractivity contribution in [3.05, 3.63) is 47.0 Å². The summed E-state index contributed by atoms with van der Waals surface area (Å²) in [7, 11) is 0. The number of Topliss-reactive ketones (excluding diaryl/α,β-unsaturated/α-hetero) is 1. The molecule has 0 aromatic heterocycles. The molecule has 92 valence electrons. The van der Waals surface area contributed by atoms with Gasteiger partial charge in [-0.1, -0.05) is 36.2 Å². The summed E-state index contributed by atoms with van der Waals surface area (Å²) in [5, 5.41) is 0.669. The molecule has 2 heteroatoms. The highest BCUT2D eigenvalue weighted by molar-refractivity contribution is 6.31. The van der Waals surface area contributed by atoms with Gasteiger partial charge in [0.25, 0.3) is 0 Å². The summed E-state index contributed by atoms with van der Waals surface area (Å²) in [6.07, 6.45) is 6.70. The van der Waals surface area contributed by atoms with Gasteiger partial charge in [-0.3, -0.25) is 4.79 Å². The number of halogens is 1. The molecule has 0 N–H and O–H groups in total. The molecule has 0 amide bonds. The molecule has 0 aliphatic carbocycles. The maximum absolute atomic E-state index is 11.9. The van der Waals surface area contributed by atoms with Gasteiger partial charge in [0.2, 0.25) is 0 Å². The monoisotopic (exact) mass is 250 g/mol. The van der Waals surface area contributed by atoms with E-state index in [0.29, 0.717) is 11.4 Å². The number of ketones is 1. The van der Waals surface area contributed by atoms with Gasteiger partial charge < -0.3 is 0 Å². The summed E-state index contributed by atoms with van der Waals surface area (Å²) in [6, 6.07) is 5.52. The Kier molecular flexibility index (Phi) is 5.99. The molecule has 0 unspecified atom stereocenters. The normalized spacial score (nSPS) is 10.2. The van der Waals surface area contributed by atoms with E-state index in [9.17, 15) is 4.79 Å². The number of aryl methyl sites for hydroxylation is 1. The highest BCUT2D eigenvalue weighted by Gasteiger charge is 2.06. The predicted molar refractivity (Wildman–Crippen MR) is 73.8 cm³/mol. The molecule has 0 saturated heterocycles. The Labute approximate surface area is 108 Å². The molecule has 0 radical (unpaired) electrons. The van der Waals surface area contributed by atoms with Gasteiger partial charge >= 0.3 is 0 Å². The van der Waals surface area contributed by atoms with Crippen LogP contribution >= 0.6 is 11.6 Å². The van der Waals surface area contributed by atoms with Gasteiger partial charge in [0, 0.05) is 17.0 Å². The number of hydrogen-bond donors (Lipinski definition) is 0. The predicted octanol–water partition coefficient (Wildman–Crippen LogP) is 4.97. The summed E-state index contributed by atoms with van der Waals surface area (Å²) < 4.78 is 0. The zero-order chi connectivity index (χ0) is 12.7. The summed E-state index contributed by atoms with van der Waals surface area (Å²) >= 11 is 6.00. The lowest BCUT2D eigenvalue weighted by molar-refractivity contribution is 0.0979. The van der Waals surface area contributed by atoms with E-state index in [-0.39, 0.29) is 5.78 Å². The van der Waals surface area contributed by atoms with Gasteiger partial charge in [0.15, 0.2) is 5.78 Å². The van der Waals surface area contributed by atoms with Gasteiger partial charge in [-0.2, -0.15) is 0 Å². The van der Waals surface area contributed by atoms with Crippen LogP contribution in [-0.4, -0.2) is 5.78 Å². The zero-order valence-electron chi connectivity index (χ0n) is 10.3. The van der Waals surface area contributed by atoms with E-state index in [0.717, 1.165) is 36.8 Å². The van der Waals surface area contributed by atoms with Gasteiger partial charge in [-0.05, 0) is 37.8 Å². The minimum Gasteiger partial charge on any atom is -0.294 e. The van der Waals surface area contributed by atoms with E-state index in [2.05, 4.69) is 6.58 Å². The molecule has 0 aliphatic heterocycles. The van der Waals surface area contributed by atoms with Crippen LogP contribution in [0.2, 0.25) is 5.02 Å². The Morgan fingerprint density at radius 1 is 1.35 bits per heavy atom. The Balaban J connectivity index is 2.41. The van der Waals surface area contributed by atoms with Crippen LogP contribution in [-0.2, 0) is 0 Å². The molecule has 17 heavy (non-hydrogen) atoms. The summed E-state index contributed by atoms with van der Waals surface area (Å²) in [4.78, 5) is 11.9. The van der Waals surface area contributed by atoms with Crippen LogP contribution in [0.25, 0.3) is 0 Å². The summed E-state index contributed by atoms with van der Waals surface area (Å²) in [5.74, 6) is 0.186. The molecule has 0 atom stereocenters. The first-order valence-electron chi connectivity index (χ1n) is 6.05. The minimum atomic E-state index is 0.186. The molecule has 1 rings (SSSR count). The second kappa shape index (κ2) is 7.29. The second-order valence-electron chi connectivity index (χ2n) is 4.28. The van der Waals surface area contributed by atoms with Gasteiger partial charge in [-0.15, -0.1) is 6.58 Å². The lowest BCUT2D eigenvalue weighted by Gasteiger charge is -2.03. The quantitative estimate of drug-likeness (QED) is 0.379. The highest BCUT2D eigenvalue weighted by atomic mass is 35.5. The van der Waals surface area contributed by atoms with E-state index in [4.69, 9.17) is 11.6 Å². The van der Waals surface area contributed by atoms with Crippen LogP contribution in [0.5, 0.6) is 0 Å². The standard InChI is InChI=1S/C15H19ClO/c1-3-4-5-6-7-8-15(17)13-10-9-12(2)14(16)11-13/h3,9-11H,1,4-8H2,2H3. The molecule has 0 fully saturated rings. The highest BCUT2D eigenvalue weighted by Crippen LogP contribution is 2.18. The van der Waals surface area contributed by atoms with Crippen LogP contribution in [0.3, 0.4) is 0 Å². The van der Waals surface area contributed by atoms with Crippen molar-refractivity contribution in [1.82, 2.24) is 0 Å². The average molecular weight is 251 g/mol. The number of unbranched alkanes of at least 4 members (excludes halogenated alkanes) is 3. The van der Waals surface area contributed by atoms with Crippen molar-refractivity contribution in [2.75, 3.05) is 0 Å². The van der Waals surface area contributed by atoms with Crippen LogP contribution in [0, 0.1) is 6.92 Å². The fourth-order valence-corrected chi connectivity index (χ4v) is 1.84. The van der Waals surface area contributed by atoms with E-state index in [1.807, 2.05) is 25.1 Å². The van der Waals surface area contributed by atoms with Crippen molar-refractivity contribution in [3.63, 3.8) is 0 Å². The van der Waals surface area contributed by atoms with Crippen molar-refractivity contribution in [1.29, 1.82) is 0 Å². The van der Waals surface area contributed by atoms with Crippen LogP contribution in [0.15, 0.2) is 30.9 Å². The largest absolute Gasteiger partial charge is 0.294 e. The smallest absolute Gasteiger partial charge is 0.162 e. The first-order valence-corrected chi connectivity index (χ1v) is 6.43. The van der Waals surface area contributed by atoms with Gasteiger partial charge in [0.1, 0.15) is 0 Å². The molecule has 0 aliphatic rings. The maximum atomic E-state index is 11.9. The third-order valence-corrected chi connectivity index (χ3v) is 3.21. The Bertz CT molecular complexity index is 396. The van der Waals surface area contributed by atoms with E-state index >= 15 is 0 Å². The Hall–Kier alpha value is -1.08. The minimum absolute atomic E-state index is 0.186. The fourth-order valence-electron chi connectivity index (χ4n) is 1.66. The third kappa shape index (κ3) is 4.74. The fraction of sp³-hybridized carbons (Fsp3) is 0.400. The van der Waals surface area contributed by atoms with E-state index in [1.165, 1.54) is 0 Å². The first-order chi connectivity index (χ1) is 8.15. The molecule has 0 spiro atoms. The van der Waals surface area contributed by atoms with Crippen LogP contribution in [0.1, 0.15) is 48.0 Å². The SMILES string of the molecule is C=CCCCCCC(=O)c1ccc(C)c(Cl)c1. The molecule has 1 nitrogen and oxygen atoms in total. The van der Waals surface area contributed by atoms with Crippen LogP contribution in [0.4, 0.5) is 0 Å². The molecule has 1 aromatic rings. The maximum Gasteiger partial charge on any atom is 0.162 e. The number of allylic oxidation sites excluding steroid dienone is 1. The van der Waals surface area contributed by atoms with Crippen molar-refractivity contribution >= 4 is 17.4 Å². The number of hydrogen-bond acceptors (Lipinski definition) is 1. The molecule has 1 aromatic carbocycles. The summed E-state index contributed by atoms with van der Waals surface area (Å²) in [5.41, 5.74) is 1.73. The number of rotatable bonds is 7. The second-order valence-corrected chi connectivity index (χ2v) is 4.68. The first kappa shape index (κ1) is 14.0. The average Bonchev–Trinajstić information content (AvgIpc) is 2.32. The van der Waals surface area contributed by atoms with E-state index in [1.54, 1.807) is 6.07 Å². The molecule has 0 saturated carbocycles. The summed E-state index contributed by atoms with van der Waals surface area (Å²) in [6.45, 7) is 5.61. The van der Waals surface area contributed by atoms with Crippen molar-refractivity contribution in [2.45, 2.75) is 39.0 Å². The van der Waals surface area contributed by atoms with Gasteiger partial charge in [0.05, 0.1) is 0 Å². The number of carbonyl (C=O) groups excluding carboxylic acids is 1. The van der Waals surface area contributed by atoms with Crippen LogP contribution < -0.4 is 0 Å². The number of carbonyl (C=O) groups is 1. The third-order valence-electron chi connectivity index (χ3n) is 2.81. The van der Waals surface area contributed by atoms with Crippen molar-refractivity contribution in [3.8, 4) is 0 Å². The topological polar surface area (TPSA) is 17.1 Å². The van der Waals surface area contributed by atoms with E-state index < -0.39 is 0 Å².